The molecule has 0 radical (unpaired) electrons. The van der Waals surface area contributed by atoms with Crippen LogP contribution in [0.15, 0.2) is 0 Å². The molecule has 82 valence electrons. The van der Waals surface area contributed by atoms with Crippen molar-refractivity contribution in [2.45, 2.75) is 51.5 Å². The molecule has 0 heterocycles. The molecule has 1 aliphatic rings. The molecule has 1 rings (SSSR count). The maximum atomic E-state index is 11.2. The van der Waals surface area contributed by atoms with Crippen LogP contribution in [0.5, 0.6) is 0 Å². The molecule has 0 saturated heterocycles. The summed E-state index contributed by atoms with van der Waals surface area (Å²) in [7, 11) is 0. The molecule has 0 aromatic carbocycles. The highest BCUT2D eigenvalue weighted by molar-refractivity contribution is 5.75. The van der Waals surface area contributed by atoms with Gasteiger partial charge in [-0.25, -0.2) is 0 Å². The van der Waals surface area contributed by atoms with Gasteiger partial charge in [0, 0.05) is 19.0 Å². The van der Waals surface area contributed by atoms with E-state index in [1.54, 1.807) is 0 Å². The van der Waals surface area contributed by atoms with Crippen LogP contribution in [0.4, 0.5) is 0 Å². The Morgan fingerprint density at radius 2 is 2.07 bits per heavy atom. The third-order valence-corrected chi connectivity index (χ3v) is 2.44. The summed E-state index contributed by atoms with van der Waals surface area (Å²) in [5, 5.41) is 6.35. The van der Waals surface area contributed by atoms with E-state index in [1.165, 1.54) is 12.8 Å². The highest BCUT2D eigenvalue weighted by Crippen LogP contribution is 2.18. The van der Waals surface area contributed by atoms with Crippen molar-refractivity contribution in [3.63, 3.8) is 0 Å². The molecule has 1 fully saturated rings. The van der Waals surface area contributed by atoms with Gasteiger partial charge in [-0.3, -0.25) is 4.79 Å². The van der Waals surface area contributed by atoms with Crippen molar-refractivity contribution in [3.8, 4) is 0 Å². The molecule has 0 aromatic rings. The van der Waals surface area contributed by atoms with Gasteiger partial charge in [-0.2, -0.15) is 0 Å². The van der Waals surface area contributed by atoms with Crippen LogP contribution in [0.1, 0.15) is 45.4 Å². The standard InChI is InChI=1S/C11H22N2O/c1-2-3-5-11(14)13-9-4-8-12-10-6-7-10/h10,12H,2-9H2,1H3,(H,13,14). The van der Waals surface area contributed by atoms with Crippen molar-refractivity contribution < 1.29 is 4.79 Å². The fourth-order valence-corrected chi connectivity index (χ4v) is 1.34. The minimum atomic E-state index is 0.207. The number of amides is 1. The summed E-state index contributed by atoms with van der Waals surface area (Å²) in [6.07, 6.45) is 6.51. The van der Waals surface area contributed by atoms with E-state index < -0.39 is 0 Å². The zero-order valence-corrected chi connectivity index (χ0v) is 9.14. The van der Waals surface area contributed by atoms with E-state index in [1.807, 2.05) is 0 Å². The van der Waals surface area contributed by atoms with Crippen LogP contribution < -0.4 is 10.6 Å². The first kappa shape index (κ1) is 11.5. The molecule has 0 atom stereocenters. The summed E-state index contributed by atoms with van der Waals surface area (Å²) < 4.78 is 0. The van der Waals surface area contributed by atoms with Crippen molar-refractivity contribution >= 4 is 5.91 Å². The Bertz CT molecular complexity index is 167. The van der Waals surface area contributed by atoms with E-state index in [9.17, 15) is 4.79 Å². The first-order chi connectivity index (χ1) is 6.83. The summed E-state index contributed by atoms with van der Waals surface area (Å²) in [6, 6.07) is 0.783. The third-order valence-electron chi connectivity index (χ3n) is 2.44. The number of carbonyl (C=O) groups is 1. The Morgan fingerprint density at radius 3 is 2.71 bits per heavy atom. The van der Waals surface area contributed by atoms with Crippen LogP contribution in [0.3, 0.4) is 0 Å². The molecule has 0 aliphatic heterocycles. The second kappa shape index (κ2) is 6.82. The van der Waals surface area contributed by atoms with Crippen molar-refractivity contribution in [2.75, 3.05) is 13.1 Å². The zero-order chi connectivity index (χ0) is 10.2. The maximum Gasteiger partial charge on any atom is 0.219 e. The maximum absolute atomic E-state index is 11.2. The number of hydrogen-bond donors (Lipinski definition) is 2. The highest BCUT2D eigenvalue weighted by Gasteiger charge is 2.19. The van der Waals surface area contributed by atoms with E-state index >= 15 is 0 Å². The van der Waals surface area contributed by atoms with Gasteiger partial charge in [-0.05, 0) is 32.2 Å². The Balaban J connectivity index is 1.79. The Labute approximate surface area is 86.6 Å². The van der Waals surface area contributed by atoms with Gasteiger partial charge in [-0.15, -0.1) is 0 Å². The lowest BCUT2D eigenvalue weighted by Crippen LogP contribution is -2.27. The van der Waals surface area contributed by atoms with E-state index in [0.717, 1.165) is 38.4 Å². The summed E-state index contributed by atoms with van der Waals surface area (Å²) >= 11 is 0. The van der Waals surface area contributed by atoms with E-state index in [0.29, 0.717) is 6.42 Å². The van der Waals surface area contributed by atoms with Crippen LogP contribution in [-0.2, 0) is 4.79 Å². The monoisotopic (exact) mass is 198 g/mol. The van der Waals surface area contributed by atoms with Crippen LogP contribution in [0, 0.1) is 0 Å². The molecule has 1 aliphatic carbocycles. The number of rotatable bonds is 8. The molecule has 0 bridgehead atoms. The van der Waals surface area contributed by atoms with E-state index in [2.05, 4.69) is 17.6 Å². The number of unbranched alkanes of at least 4 members (excludes halogenated alkanes) is 1. The van der Waals surface area contributed by atoms with Crippen molar-refractivity contribution in [3.05, 3.63) is 0 Å². The summed E-state index contributed by atoms with van der Waals surface area (Å²) in [6.45, 7) is 3.97. The van der Waals surface area contributed by atoms with Gasteiger partial charge < -0.3 is 10.6 Å². The lowest BCUT2D eigenvalue weighted by Gasteiger charge is -2.05. The first-order valence-corrected chi connectivity index (χ1v) is 5.83. The van der Waals surface area contributed by atoms with Crippen LogP contribution in [0.2, 0.25) is 0 Å². The molecule has 0 unspecified atom stereocenters. The van der Waals surface area contributed by atoms with Crippen molar-refractivity contribution in [2.24, 2.45) is 0 Å². The lowest BCUT2D eigenvalue weighted by molar-refractivity contribution is -0.121. The Morgan fingerprint density at radius 1 is 1.29 bits per heavy atom. The fourth-order valence-electron chi connectivity index (χ4n) is 1.34. The summed E-state index contributed by atoms with van der Waals surface area (Å²) in [4.78, 5) is 11.2. The average Bonchev–Trinajstić information content (AvgIpc) is 2.98. The predicted molar refractivity (Wildman–Crippen MR) is 58.2 cm³/mol. The van der Waals surface area contributed by atoms with E-state index in [-0.39, 0.29) is 5.91 Å². The summed E-state index contributed by atoms with van der Waals surface area (Å²) in [5.41, 5.74) is 0. The topological polar surface area (TPSA) is 41.1 Å². The largest absolute Gasteiger partial charge is 0.356 e. The van der Waals surface area contributed by atoms with Crippen LogP contribution in [0.25, 0.3) is 0 Å². The quantitative estimate of drug-likeness (QED) is 0.579. The number of hydrogen-bond acceptors (Lipinski definition) is 2. The number of carbonyl (C=O) groups excluding carboxylic acids is 1. The molecular formula is C11H22N2O. The normalized spacial score (nSPS) is 15.5. The molecule has 2 N–H and O–H groups in total. The van der Waals surface area contributed by atoms with Gasteiger partial charge in [-0.1, -0.05) is 13.3 Å². The molecule has 3 nitrogen and oxygen atoms in total. The Hall–Kier alpha value is -0.570. The van der Waals surface area contributed by atoms with Crippen molar-refractivity contribution in [1.29, 1.82) is 0 Å². The van der Waals surface area contributed by atoms with Gasteiger partial charge in [0.2, 0.25) is 5.91 Å². The third kappa shape index (κ3) is 5.97. The molecule has 0 aromatic heterocycles. The first-order valence-electron chi connectivity index (χ1n) is 5.83. The fraction of sp³-hybridized carbons (Fsp3) is 0.909. The smallest absolute Gasteiger partial charge is 0.219 e. The molecule has 1 amide bonds. The SMILES string of the molecule is CCCCC(=O)NCCCNC1CC1. The molecule has 14 heavy (non-hydrogen) atoms. The second-order valence-corrected chi connectivity index (χ2v) is 4.04. The average molecular weight is 198 g/mol. The van der Waals surface area contributed by atoms with E-state index in [4.69, 9.17) is 0 Å². The molecular weight excluding hydrogens is 176 g/mol. The minimum Gasteiger partial charge on any atom is -0.356 e. The van der Waals surface area contributed by atoms with Crippen LogP contribution >= 0.6 is 0 Å². The second-order valence-electron chi connectivity index (χ2n) is 4.04. The van der Waals surface area contributed by atoms with Gasteiger partial charge in [0.05, 0.1) is 0 Å². The summed E-state index contributed by atoms with van der Waals surface area (Å²) in [5.74, 6) is 0.207. The van der Waals surface area contributed by atoms with Gasteiger partial charge in [0.15, 0.2) is 0 Å². The number of nitrogens with one attached hydrogen (secondary N) is 2. The van der Waals surface area contributed by atoms with Crippen LogP contribution in [-0.4, -0.2) is 25.0 Å². The lowest BCUT2D eigenvalue weighted by atomic mass is 10.2. The minimum absolute atomic E-state index is 0.207. The van der Waals surface area contributed by atoms with Gasteiger partial charge in [0.25, 0.3) is 0 Å². The predicted octanol–water partition coefficient (Wildman–Crippen LogP) is 1.43. The molecule has 1 saturated carbocycles. The molecule has 3 heteroatoms. The van der Waals surface area contributed by atoms with Gasteiger partial charge >= 0.3 is 0 Å². The zero-order valence-electron chi connectivity index (χ0n) is 9.14. The highest BCUT2D eigenvalue weighted by atomic mass is 16.1. The molecule has 0 spiro atoms. The Kier molecular flexibility index (Phi) is 5.60. The van der Waals surface area contributed by atoms with Crippen molar-refractivity contribution in [1.82, 2.24) is 10.6 Å². The van der Waals surface area contributed by atoms with Gasteiger partial charge in [0.1, 0.15) is 0 Å².